The van der Waals surface area contributed by atoms with Crippen molar-refractivity contribution in [1.82, 2.24) is 10.6 Å². The molecule has 0 saturated carbocycles. The van der Waals surface area contributed by atoms with Crippen molar-refractivity contribution in [2.24, 2.45) is 0 Å². The van der Waals surface area contributed by atoms with Gasteiger partial charge in [-0.05, 0) is 31.2 Å². The van der Waals surface area contributed by atoms with Crippen LogP contribution in [0, 0.1) is 0 Å². The van der Waals surface area contributed by atoms with Gasteiger partial charge in [0.1, 0.15) is 6.61 Å². The summed E-state index contributed by atoms with van der Waals surface area (Å²) in [5.41, 5.74) is 0. The Morgan fingerprint density at radius 3 is 2.87 bits per heavy atom. The molecule has 2 N–H and O–H groups in total. The lowest BCUT2D eigenvalue weighted by molar-refractivity contribution is 0.0917. The predicted octanol–water partition coefficient (Wildman–Crippen LogP) is 3.60. The highest BCUT2D eigenvalue weighted by Crippen LogP contribution is 2.30. The molecule has 0 fully saturated rings. The molecule has 7 heteroatoms. The number of halogens is 1. The largest absolute Gasteiger partial charge is 0.486 e. The first kappa shape index (κ1) is 16.0. The number of fused-ring (bicyclic) bond motifs is 1. The number of benzene rings is 1. The van der Waals surface area contributed by atoms with Crippen molar-refractivity contribution in [1.29, 1.82) is 0 Å². The molecule has 23 heavy (non-hydrogen) atoms. The summed E-state index contributed by atoms with van der Waals surface area (Å²) in [4.78, 5) is 13.0. The van der Waals surface area contributed by atoms with E-state index in [0.717, 1.165) is 10.6 Å². The molecule has 3 rings (SSSR count). The van der Waals surface area contributed by atoms with Gasteiger partial charge in [0.25, 0.3) is 0 Å². The van der Waals surface area contributed by atoms with Gasteiger partial charge >= 0.3 is 6.03 Å². The maximum absolute atomic E-state index is 12.0. The van der Waals surface area contributed by atoms with Crippen LogP contribution in [-0.4, -0.2) is 25.3 Å². The lowest BCUT2D eigenvalue weighted by Crippen LogP contribution is -2.44. The second kappa shape index (κ2) is 7.10. The van der Waals surface area contributed by atoms with Crippen molar-refractivity contribution in [3.8, 4) is 11.5 Å². The standard InChI is InChI=1S/C16H17ClN2O3S/c1-10(14-6-7-15(17)23-14)19-16(20)18-8-11-9-21-12-4-2-3-5-13(12)22-11/h2-7,10-11H,8-9H2,1H3,(H2,18,19,20)/t10-,11+/m1/s1. The van der Waals surface area contributed by atoms with E-state index in [9.17, 15) is 4.79 Å². The fourth-order valence-corrected chi connectivity index (χ4v) is 3.31. The monoisotopic (exact) mass is 352 g/mol. The van der Waals surface area contributed by atoms with Gasteiger partial charge in [-0.3, -0.25) is 0 Å². The fraction of sp³-hybridized carbons (Fsp3) is 0.312. The number of ether oxygens (including phenoxy) is 2. The second-order valence-electron chi connectivity index (χ2n) is 5.22. The third-order valence-electron chi connectivity index (χ3n) is 3.43. The average molecular weight is 353 g/mol. The van der Waals surface area contributed by atoms with Crippen LogP contribution in [0.1, 0.15) is 17.8 Å². The van der Waals surface area contributed by atoms with Gasteiger partial charge in [-0.1, -0.05) is 23.7 Å². The van der Waals surface area contributed by atoms with E-state index < -0.39 is 0 Å². The normalized spacial score (nSPS) is 17.4. The minimum absolute atomic E-state index is 0.100. The van der Waals surface area contributed by atoms with E-state index in [1.54, 1.807) is 0 Å². The average Bonchev–Trinajstić information content (AvgIpc) is 2.99. The van der Waals surface area contributed by atoms with Crippen LogP contribution in [0.25, 0.3) is 0 Å². The molecular weight excluding hydrogens is 336 g/mol. The number of hydrogen-bond acceptors (Lipinski definition) is 4. The molecular formula is C16H17ClN2O3S. The zero-order valence-electron chi connectivity index (χ0n) is 12.5. The van der Waals surface area contributed by atoms with Crippen LogP contribution in [0.4, 0.5) is 4.79 Å². The molecule has 2 aromatic rings. The molecule has 0 unspecified atom stereocenters. The maximum Gasteiger partial charge on any atom is 0.315 e. The third-order valence-corrected chi connectivity index (χ3v) is 4.84. The molecule has 1 aliphatic heterocycles. The zero-order chi connectivity index (χ0) is 16.2. The number of amides is 2. The molecule has 2 heterocycles. The Morgan fingerprint density at radius 2 is 2.13 bits per heavy atom. The Morgan fingerprint density at radius 1 is 1.35 bits per heavy atom. The molecule has 0 radical (unpaired) electrons. The number of urea groups is 1. The lowest BCUT2D eigenvalue weighted by atomic mass is 10.2. The quantitative estimate of drug-likeness (QED) is 0.883. The highest BCUT2D eigenvalue weighted by molar-refractivity contribution is 7.16. The second-order valence-corrected chi connectivity index (χ2v) is 6.96. The Hall–Kier alpha value is -1.92. The first-order valence-corrected chi connectivity index (χ1v) is 8.49. The molecule has 0 saturated heterocycles. The minimum atomic E-state index is -0.246. The van der Waals surface area contributed by atoms with Crippen molar-refractivity contribution in [2.75, 3.05) is 13.2 Å². The number of carbonyl (C=O) groups is 1. The summed E-state index contributed by atoms with van der Waals surface area (Å²) >= 11 is 7.36. The Labute approximate surface area is 143 Å². The van der Waals surface area contributed by atoms with E-state index in [2.05, 4.69) is 10.6 Å². The topological polar surface area (TPSA) is 59.6 Å². The van der Waals surface area contributed by atoms with Crippen LogP contribution in [0.15, 0.2) is 36.4 Å². The molecule has 0 bridgehead atoms. The summed E-state index contributed by atoms with van der Waals surface area (Å²) in [6.07, 6.45) is -0.206. The Balaban J connectivity index is 1.46. The molecule has 1 aliphatic rings. The van der Waals surface area contributed by atoms with Gasteiger partial charge < -0.3 is 20.1 Å². The van der Waals surface area contributed by atoms with Crippen molar-refractivity contribution < 1.29 is 14.3 Å². The Kier molecular flexibility index (Phi) is 4.93. The van der Waals surface area contributed by atoms with Gasteiger partial charge in [-0.15, -0.1) is 11.3 Å². The SMILES string of the molecule is C[C@@H](NC(=O)NC[C@H]1COc2ccccc2O1)c1ccc(Cl)s1. The van der Waals surface area contributed by atoms with Crippen molar-refractivity contribution in [3.05, 3.63) is 45.6 Å². The van der Waals surface area contributed by atoms with Gasteiger partial charge in [0, 0.05) is 4.88 Å². The molecule has 5 nitrogen and oxygen atoms in total. The molecule has 1 aromatic carbocycles. The van der Waals surface area contributed by atoms with E-state index in [4.69, 9.17) is 21.1 Å². The Bertz CT molecular complexity index is 691. The summed E-state index contributed by atoms with van der Waals surface area (Å²) in [6.45, 7) is 2.70. The zero-order valence-corrected chi connectivity index (χ0v) is 14.1. The van der Waals surface area contributed by atoms with E-state index in [1.165, 1.54) is 11.3 Å². The van der Waals surface area contributed by atoms with Crippen LogP contribution in [0.5, 0.6) is 11.5 Å². The van der Waals surface area contributed by atoms with Gasteiger partial charge in [0.2, 0.25) is 0 Å². The van der Waals surface area contributed by atoms with Crippen molar-refractivity contribution >= 4 is 29.0 Å². The van der Waals surface area contributed by atoms with Gasteiger partial charge in [0.05, 0.1) is 16.9 Å². The number of nitrogens with one attached hydrogen (secondary N) is 2. The van der Waals surface area contributed by atoms with Crippen LogP contribution >= 0.6 is 22.9 Å². The third kappa shape index (κ3) is 4.09. The van der Waals surface area contributed by atoms with E-state index >= 15 is 0 Å². The first-order chi connectivity index (χ1) is 11.1. The lowest BCUT2D eigenvalue weighted by Gasteiger charge is -2.26. The molecule has 2 atom stereocenters. The maximum atomic E-state index is 12.0. The smallest absolute Gasteiger partial charge is 0.315 e. The van der Waals surface area contributed by atoms with Gasteiger partial charge in [-0.2, -0.15) is 0 Å². The highest BCUT2D eigenvalue weighted by Gasteiger charge is 2.21. The molecule has 1 aromatic heterocycles. The molecule has 122 valence electrons. The van der Waals surface area contributed by atoms with Crippen LogP contribution in [-0.2, 0) is 0 Å². The molecule has 0 aliphatic carbocycles. The summed E-state index contributed by atoms with van der Waals surface area (Å²) in [5.74, 6) is 1.43. The number of para-hydroxylation sites is 2. The van der Waals surface area contributed by atoms with Crippen molar-refractivity contribution in [3.63, 3.8) is 0 Å². The van der Waals surface area contributed by atoms with Crippen LogP contribution in [0.2, 0.25) is 4.34 Å². The summed E-state index contributed by atoms with van der Waals surface area (Å²) in [6, 6.07) is 10.9. The number of thiophene rings is 1. The first-order valence-electron chi connectivity index (χ1n) is 7.30. The highest BCUT2D eigenvalue weighted by atomic mass is 35.5. The summed E-state index contributed by atoms with van der Waals surface area (Å²) in [7, 11) is 0. The number of hydrogen-bond donors (Lipinski definition) is 2. The fourth-order valence-electron chi connectivity index (χ4n) is 2.25. The van der Waals surface area contributed by atoms with Gasteiger partial charge in [-0.25, -0.2) is 4.79 Å². The molecule has 0 spiro atoms. The predicted molar refractivity (Wildman–Crippen MR) is 90.6 cm³/mol. The summed E-state index contributed by atoms with van der Waals surface area (Å²) < 4.78 is 12.1. The van der Waals surface area contributed by atoms with Crippen molar-refractivity contribution in [2.45, 2.75) is 19.1 Å². The van der Waals surface area contributed by atoms with E-state index in [-0.39, 0.29) is 18.2 Å². The molecule has 2 amide bonds. The minimum Gasteiger partial charge on any atom is -0.486 e. The summed E-state index contributed by atoms with van der Waals surface area (Å²) in [5, 5.41) is 5.68. The van der Waals surface area contributed by atoms with E-state index in [0.29, 0.717) is 23.2 Å². The number of rotatable bonds is 4. The van der Waals surface area contributed by atoms with Crippen LogP contribution < -0.4 is 20.1 Å². The van der Waals surface area contributed by atoms with Gasteiger partial charge in [0.15, 0.2) is 17.6 Å². The van der Waals surface area contributed by atoms with E-state index in [1.807, 2.05) is 43.3 Å². The number of carbonyl (C=O) groups excluding carboxylic acids is 1. The van der Waals surface area contributed by atoms with Crippen LogP contribution in [0.3, 0.4) is 0 Å².